The minimum absolute atomic E-state index is 0.162. The van der Waals surface area contributed by atoms with E-state index in [1.807, 2.05) is 25.1 Å². The number of methoxy groups -OCH3 is 1. The Bertz CT molecular complexity index is 1170. The Morgan fingerprint density at radius 2 is 2.06 bits per heavy atom. The zero-order chi connectivity index (χ0) is 23.6. The topological polar surface area (TPSA) is 94.8 Å². The number of carbonyl (C=O) groups excluding carboxylic acids is 1. The van der Waals surface area contributed by atoms with Crippen molar-refractivity contribution in [3.63, 3.8) is 0 Å². The number of nitrogens with zero attached hydrogens (tertiary/aromatic N) is 3. The molecule has 0 saturated carbocycles. The van der Waals surface area contributed by atoms with Gasteiger partial charge < -0.3 is 9.47 Å². The molecule has 0 radical (unpaired) electrons. The highest BCUT2D eigenvalue weighted by Gasteiger charge is 2.11. The molecule has 8 nitrogen and oxygen atoms in total. The van der Waals surface area contributed by atoms with Gasteiger partial charge in [0.2, 0.25) is 0 Å². The van der Waals surface area contributed by atoms with E-state index in [4.69, 9.17) is 9.47 Å². The monoisotopic (exact) mass is 470 g/mol. The van der Waals surface area contributed by atoms with Gasteiger partial charge in [0.15, 0.2) is 11.5 Å². The Morgan fingerprint density at radius 3 is 2.82 bits per heavy atom. The first-order valence-electron chi connectivity index (χ1n) is 11.2. The summed E-state index contributed by atoms with van der Waals surface area (Å²) in [7, 11) is 1.58. The van der Waals surface area contributed by atoms with Crippen molar-refractivity contribution in [3.05, 3.63) is 51.4 Å². The lowest BCUT2D eigenvalue weighted by Crippen LogP contribution is -2.29. The summed E-state index contributed by atoms with van der Waals surface area (Å²) in [6.07, 6.45) is 8.29. The first-order chi connectivity index (χ1) is 16.0. The fourth-order valence-corrected chi connectivity index (χ4v) is 4.19. The fraction of sp³-hybridized carbons (Fsp3) is 0.417. The zero-order valence-electron chi connectivity index (χ0n) is 19.3. The summed E-state index contributed by atoms with van der Waals surface area (Å²) in [5.74, 6) is 0.866. The lowest BCUT2D eigenvalue weighted by molar-refractivity contribution is -0.121. The van der Waals surface area contributed by atoms with Gasteiger partial charge in [0, 0.05) is 4.88 Å². The van der Waals surface area contributed by atoms with Crippen molar-refractivity contribution < 1.29 is 14.3 Å². The van der Waals surface area contributed by atoms with Crippen molar-refractivity contribution in [1.29, 1.82) is 0 Å². The van der Waals surface area contributed by atoms with Gasteiger partial charge in [0.1, 0.15) is 11.4 Å². The average Bonchev–Trinajstić information content (AvgIpc) is 3.26. The highest BCUT2D eigenvalue weighted by atomic mass is 32.1. The number of aryl methyl sites for hydroxylation is 1. The number of ether oxygens (including phenoxy) is 2. The lowest BCUT2D eigenvalue weighted by atomic mass is 10.2. The summed E-state index contributed by atoms with van der Waals surface area (Å²) >= 11 is 1.49. The van der Waals surface area contributed by atoms with Gasteiger partial charge in [-0.15, -0.1) is 11.3 Å². The molecule has 176 valence electrons. The summed E-state index contributed by atoms with van der Waals surface area (Å²) in [5, 5.41) is 4.53. The smallest absolute Gasteiger partial charge is 0.262 e. The Kier molecular flexibility index (Phi) is 9.00. The van der Waals surface area contributed by atoms with Gasteiger partial charge in [-0.1, -0.05) is 33.1 Å². The van der Waals surface area contributed by atoms with Crippen LogP contribution < -0.4 is 20.5 Å². The number of unbranched alkanes of at least 4 members (excludes halogenated alkanes) is 3. The number of benzene rings is 1. The van der Waals surface area contributed by atoms with Crippen LogP contribution in [0.5, 0.6) is 11.5 Å². The van der Waals surface area contributed by atoms with Crippen LogP contribution in [0.3, 0.4) is 0 Å². The molecule has 1 amide bonds. The van der Waals surface area contributed by atoms with Crippen LogP contribution in [0.25, 0.3) is 10.2 Å². The molecule has 2 heterocycles. The van der Waals surface area contributed by atoms with Crippen molar-refractivity contribution >= 4 is 33.7 Å². The van der Waals surface area contributed by atoms with E-state index in [9.17, 15) is 9.59 Å². The number of hydrazone groups is 1. The van der Waals surface area contributed by atoms with Crippen molar-refractivity contribution in [2.75, 3.05) is 13.7 Å². The third-order valence-corrected chi connectivity index (χ3v) is 6.26. The van der Waals surface area contributed by atoms with E-state index < -0.39 is 5.91 Å². The number of hydrogen-bond donors (Lipinski definition) is 1. The van der Waals surface area contributed by atoms with Crippen molar-refractivity contribution in [1.82, 2.24) is 15.0 Å². The van der Waals surface area contributed by atoms with Crippen LogP contribution in [0.15, 0.2) is 40.5 Å². The van der Waals surface area contributed by atoms with Gasteiger partial charge in [0.05, 0.1) is 31.6 Å². The summed E-state index contributed by atoms with van der Waals surface area (Å²) in [4.78, 5) is 30.9. The minimum Gasteiger partial charge on any atom is -0.493 e. The molecule has 0 aliphatic rings. The zero-order valence-corrected chi connectivity index (χ0v) is 20.1. The summed E-state index contributed by atoms with van der Waals surface area (Å²) in [6, 6.07) is 7.30. The highest BCUT2D eigenvalue weighted by Crippen LogP contribution is 2.27. The second-order valence-electron chi connectivity index (χ2n) is 7.58. The standard InChI is InChI=1S/C24H30N4O4S/c1-4-6-7-8-11-32-20-10-9-17(12-21(20)31-3)14-26-27-22(29)15-28-16-25-23-19(24(28)30)13-18(5-2)33-23/h9-10,12-14,16H,4-8,11,15H2,1-3H3,(H,27,29). The Labute approximate surface area is 197 Å². The Balaban J connectivity index is 1.57. The van der Waals surface area contributed by atoms with Crippen molar-refractivity contribution in [3.8, 4) is 11.5 Å². The molecule has 3 rings (SSSR count). The molecule has 0 spiro atoms. The molecule has 3 aromatic rings. The van der Waals surface area contributed by atoms with Gasteiger partial charge in [-0.25, -0.2) is 10.4 Å². The van der Waals surface area contributed by atoms with Crippen molar-refractivity contribution in [2.45, 2.75) is 52.5 Å². The van der Waals surface area contributed by atoms with Gasteiger partial charge >= 0.3 is 0 Å². The minimum atomic E-state index is -0.417. The van der Waals surface area contributed by atoms with Crippen LogP contribution in [0.4, 0.5) is 0 Å². The number of carbonyl (C=O) groups is 1. The molecular weight excluding hydrogens is 440 g/mol. The average molecular weight is 471 g/mol. The maximum absolute atomic E-state index is 12.6. The maximum Gasteiger partial charge on any atom is 0.262 e. The second-order valence-corrected chi connectivity index (χ2v) is 8.69. The molecule has 9 heteroatoms. The number of hydrogen-bond acceptors (Lipinski definition) is 7. The summed E-state index contributed by atoms with van der Waals surface area (Å²) < 4.78 is 12.5. The molecule has 1 aromatic carbocycles. The molecule has 0 aliphatic heterocycles. The molecule has 0 saturated heterocycles. The first kappa shape index (κ1) is 24.4. The third-order valence-electron chi connectivity index (χ3n) is 5.08. The SMILES string of the molecule is CCCCCCOc1ccc(C=NNC(=O)Cn2cnc3sc(CC)cc3c2=O)cc1OC. The van der Waals surface area contributed by atoms with E-state index in [2.05, 4.69) is 22.4 Å². The second kappa shape index (κ2) is 12.2. The molecule has 0 aliphatic carbocycles. The van der Waals surface area contributed by atoms with E-state index in [0.717, 1.165) is 29.7 Å². The number of nitrogens with one attached hydrogen (secondary N) is 1. The summed E-state index contributed by atoms with van der Waals surface area (Å²) in [6.45, 7) is 4.68. The molecule has 0 bridgehead atoms. The van der Waals surface area contributed by atoms with Gasteiger partial charge in [-0.3, -0.25) is 14.2 Å². The predicted molar refractivity (Wildman–Crippen MR) is 132 cm³/mol. The quantitative estimate of drug-likeness (QED) is 0.244. The van der Waals surface area contributed by atoms with Crippen LogP contribution in [0, 0.1) is 0 Å². The fourth-order valence-electron chi connectivity index (χ4n) is 3.26. The van der Waals surface area contributed by atoms with E-state index in [1.165, 1.54) is 41.3 Å². The van der Waals surface area contributed by atoms with Crippen LogP contribution in [0.2, 0.25) is 0 Å². The Hall–Kier alpha value is -3.20. The normalized spacial score (nSPS) is 11.2. The molecule has 33 heavy (non-hydrogen) atoms. The molecule has 0 unspecified atom stereocenters. The van der Waals surface area contributed by atoms with Gasteiger partial charge in [0.25, 0.3) is 11.5 Å². The molecule has 0 fully saturated rings. The van der Waals surface area contributed by atoms with E-state index in [0.29, 0.717) is 28.3 Å². The third kappa shape index (κ3) is 6.64. The number of aromatic nitrogens is 2. The predicted octanol–water partition coefficient (Wildman–Crippen LogP) is 4.14. The van der Waals surface area contributed by atoms with E-state index >= 15 is 0 Å². The highest BCUT2D eigenvalue weighted by molar-refractivity contribution is 7.18. The van der Waals surface area contributed by atoms with Crippen LogP contribution >= 0.6 is 11.3 Å². The summed E-state index contributed by atoms with van der Waals surface area (Å²) in [5.41, 5.74) is 2.97. The molecule has 0 atom stereocenters. The largest absolute Gasteiger partial charge is 0.493 e. The molecule has 1 N–H and O–H groups in total. The number of rotatable bonds is 12. The van der Waals surface area contributed by atoms with Crippen LogP contribution in [-0.2, 0) is 17.8 Å². The van der Waals surface area contributed by atoms with Crippen LogP contribution in [-0.4, -0.2) is 35.4 Å². The van der Waals surface area contributed by atoms with Crippen LogP contribution in [0.1, 0.15) is 50.0 Å². The maximum atomic E-state index is 12.6. The van der Waals surface area contributed by atoms with E-state index in [-0.39, 0.29) is 12.1 Å². The number of thiophene rings is 1. The first-order valence-corrected chi connectivity index (χ1v) is 12.0. The Morgan fingerprint density at radius 1 is 1.21 bits per heavy atom. The number of fused-ring (bicyclic) bond motifs is 1. The van der Waals surface area contributed by atoms with E-state index in [1.54, 1.807) is 13.2 Å². The molecule has 2 aromatic heterocycles. The lowest BCUT2D eigenvalue weighted by Gasteiger charge is -2.11. The van der Waals surface area contributed by atoms with Gasteiger partial charge in [-0.05, 0) is 42.7 Å². The molecular formula is C24H30N4O4S. The number of amides is 1. The van der Waals surface area contributed by atoms with Crippen molar-refractivity contribution in [2.24, 2.45) is 5.10 Å². The van der Waals surface area contributed by atoms with Gasteiger partial charge in [-0.2, -0.15) is 5.10 Å².